The Morgan fingerprint density at radius 2 is 1.48 bits per heavy atom. The molecule has 0 aliphatic carbocycles. The lowest BCUT2D eigenvalue weighted by Gasteiger charge is -2.15. The number of hydrogen-bond acceptors (Lipinski definition) is 4. The van der Waals surface area contributed by atoms with Crippen molar-refractivity contribution in [2.45, 2.75) is 19.6 Å². The summed E-state index contributed by atoms with van der Waals surface area (Å²) in [7, 11) is 0. The van der Waals surface area contributed by atoms with Crippen molar-refractivity contribution in [3.05, 3.63) is 105 Å². The third-order valence-corrected chi connectivity index (χ3v) is 4.66. The number of carbonyl (C=O) groups is 1. The Bertz CT molecular complexity index is 1250. The number of aromatic nitrogens is 2. The van der Waals surface area contributed by atoms with E-state index in [9.17, 15) is 14.4 Å². The maximum absolute atomic E-state index is 12.8. The van der Waals surface area contributed by atoms with Crippen LogP contribution in [0.1, 0.15) is 11.3 Å². The van der Waals surface area contributed by atoms with Gasteiger partial charge in [-0.3, -0.25) is 23.5 Å². The molecule has 146 valence electrons. The zero-order valence-electron chi connectivity index (χ0n) is 15.6. The monoisotopic (exact) mass is 389 g/mol. The number of benzene rings is 2. The summed E-state index contributed by atoms with van der Waals surface area (Å²) in [5.74, 6) is 0.225. The normalized spacial score (nSPS) is 10.9. The second kappa shape index (κ2) is 8.02. The molecule has 0 spiro atoms. The Morgan fingerprint density at radius 3 is 2.17 bits per heavy atom. The fourth-order valence-electron chi connectivity index (χ4n) is 3.25. The van der Waals surface area contributed by atoms with Gasteiger partial charge in [0, 0.05) is 0 Å². The van der Waals surface area contributed by atoms with E-state index >= 15 is 0 Å². The Labute approximate surface area is 165 Å². The highest BCUT2D eigenvalue weighted by Crippen LogP contribution is 2.12. The summed E-state index contributed by atoms with van der Waals surface area (Å²) in [6.45, 7) is 0.242. The van der Waals surface area contributed by atoms with E-state index < -0.39 is 11.1 Å². The zero-order chi connectivity index (χ0) is 20.2. The van der Waals surface area contributed by atoms with Crippen molar-refractivity contribution in [3.8, 4) is 0 Å². The van der Waals surface area contributed by atoms with E-state index in [-0.39, 0.29) is 25.5 Å². The van der Waals surface area contributed by atoms with Crippen LogP contribution in [0.2, 0.25) is 0 Å². The van der Waals surface area contributed by atoms with Gasteiger partial charge in [0.15, 0.2) is 0 Å². The molecule has 4 rings (SSSR count). The van der Waals surface area contributed by atoms with Crippen LogP contribution < -0.4 is 16.4 Å². The minimum absolute atomic E-state index is 0.212. The topological polar surface area (TPSA) is 86.2 Å². The van der Waals surface area contributed by atoms with Gasteiger partial charge in [-0.05, 0) is 29.8 Å². The van der Waals surface area contributed by atoms with Crippen LogP contribution in [0.25, 0.3) is 11.0 Å². The molecule has 0 radical (unpaired) electrons. The van der Waals surface area contributed by atoms with Gasteiger partial charge in [0.2, 0.25) is 5.91 Å². The number of nitrogens with one attached hydrogen (secondary N) is 1. The Hall–Kier alpha value is -3.87. The van der Waals surface area contributed by atoms with Crippen molar-refractivity contribution in [2.75, 3.05) is 0 Å². The van der Waals surface area contributed by atoms with Gasteiger partial charge in [-0.25, -0.2) is 0 Å². The summed E-state index contributed by atoms with van der Waals surface area (Å²) in [5, 5.41) is 2.70. The first-order valence-corrected chi connectivity index (χ1v) is 9.19. The van der Waals surface area contributed by atoms with Crippen molar-refractivity contribution in [3.63, 3.8) is 0 Å². The van der Waals surface area contributed by atoms with Gasteiger partial charge >= 0.3 is 11.1 Å². The number of amides is 1. The molecule has 0 fully saturated rings. The molecule has 1 N–H and O–H groups in total. The number of carbonyl (C=O) groups excluding carboxylic acids is 1. The molecule has 29 heavy (non-hydrogen) atoms. The molecule has 7 heteroatoms. The highest BCUT2D eigenvalue weighted by Gasteiger charge is 2.15. The van der Waals surface area contributed by atoms with Gasteiger partial charge in [0.1, 0.15) is 12.3 Å². The average molecular weight is 389 g/mol. The fraction of sp³-hybridized carbons (Fsp3) is 0.136. The molecular weight excluding hydrogens is 370 g/mol. The molecule has 2 heterocycles. The molecular formula is C22H19N3O4. The summed E-state index contributed by atoms with van der Waals surface area (Å²) in [6, 6.07) is 20.0. The summed E-state index contributed by atoms with van der Waals surface area (Å²) < 4.78 is 7.85. The maximum atomic E-state index is 12.8. The molecule has 2 aromatic carbocycles. The predicted octanol–water partition coefficient (Wildman–Crippen LogP) is 2.12. The third kappa shape index (κ3) is 3.89. The molecule has 2 aromatic heterocycles. The average Bonchev–Trinajstić information content (AvgIpc) is 3.27. The van der Waals surface area contributed by atoms with E-state index in [0.29, 0.717) is 16.8 Å². The van der Waals surface area contributed by atoms with Crippen LogP contribution in [-0.2, 0) is 24.4 Å². The maximum Gasteiger partial charge on any atom is 0.317 e. The molecule has 0 aliphatic heterocycles. The molecule has 0 bridgehead atoms. The van der Waals surface area contributed by atoms with E-state index in [2.05, 4.69) is 5.32 Å². The highest BCUT2D eigenvalue weighted by molar-refractivity contribution is 5.80. The van der Waals surface area contributed by atoms with E-state index in [1.54, 1.807) is 36.4 Å². The molecule has 4 aromatic rings. The van der Waals surface area contributed by atoms with Crippen molar-refractivity contribution < 1.29 is 9.21 Å². The molecule has 0 aliphatic rings. The summed E-state index contributed by atoms with van der Waals surface area (Å²) in [5.41, 5.74) is 0.647. The zero-order valence-corrected chi connectivity index (χ0v) is 15.6. The van der Waals surface area contributed by atoms with Gasteiger partial charge in [-0.1, -0.05) is 42.5 Å². The van der Waals surface area contributed by atoms with Crippen molar-refractivity contribution in [1.82, 2.24) is 14.5 Å². The second-order valence-corrected chi connectivity index (χ2v) is 6.61. The second-order valence-electron chi connectivity index (χ2n) is 6.61. The minimum atomic E-state index is -0.729. The van der Waals surface area contributed by atoms with Crippen LogP contribution >= 0.6 is 0 Å². The van der Waals surface area contributed by atoms with E-state index in [0.717, 1.165) is 5.56 Å². The summed E-state index contributed by atoms with van der Waals surface area (Å²) >= 11 is 0. The standard InChI is InChI=1S/C22H19N3O4/c26-20(23-13-17-9-6-12-29-17)15-25-19-11-5-4-10-18(19)24(21(27)22(25)28)14-16-7-2-1-3-8-16/h1-12H,13-15H2,(H,23,26). The SMILES string of the molecule is O=C(Cn1c(=O)c(=O)n(Cc2ccccc2)c2ccccc21)NCc1ccco1. The van der Waals surface area contributed by atoms with E-state index in [4.69, 9.17) is 4.42 Å². The van der Waals surface area contributed by atoms with Crippen molar-refractivity contribution in [2.24, 2.45) is 0 Å². The molecule has 1 amide bonds. The third-order valence-electron chi connectivity index (χ3n) is 4.66. The lowest BCUT2D eigenvalue weighted by Crippen LogP contribution is -2.44. The first-order chi connectivity index (χ1) is 14.1. The summed E-state index contributed by atoms with van der Waals surface area (Å²) in [4.78, 5) is 38.0. The quantitative estimate of drug-likeness (QED) is 0.512. The van der Waals surface area contributed by atoms with Crippen LogP contribution in [0.5, 0.6) is 0 Å². The van der Waals surface area contributed by atoms with Gasteiger partial charge in [-0.2, -0.15) is 0 Å². The molecule has 0 atom stereocenters. The van der Waals surface area contributed by atoms with Crippen LogP contribution in [-0.4, -0.2) is 15.0 Å². The Balaban J connectivity index is 1.69. The van der Waals surface area contributed by atoms with E-state index in [1.807, 2.05) is 30.3 Å². The van der Waals surface area contributed by atoms with Crippen LogP contribution in [0.4, 0.5) is 0 Å². The fourth-order valence-corrected chi connectivity index (χ4v) is 3.25. The number of rotatable bonds is 6. The number of nitrogens with zero attached hydrogens (tertiary/aromatic N) is 2. The smallest absolute Gasteiger partial charge is 0.317 e. The molecule has 7 nitrogen and oxygen atoms in total. The summed E-state index contributed by atoms with van der Waals surface area (Å²) in [6.07, 6.45) is 1.52. The predicted molar refractivity (Wildman–Crippen MR) is 109 cm³/mol. The van der Waals surface area contributed by atoms with Gasteiger partial charge in [-0.15, -0.1) is 0 Å². The van der Waals surface area contributed by atoms with Crippen molar-refractivity contribution >= 4 is 16.9 Å². The lowest BCUT2D eigenvalue weighted by atomic mass is 10.2. The number of hydrogen-bond donors (Lipinski definition) is 1. The van der Waals surface area contributed by atoms with Crippen LogP contribution in [0.15, 0.2) is 87.0 Å². The Morgan fingerprint density at radius 1 is 0.828 bits per heavy atom. The van der Waals surface area contributed by atoms with Crippen LogP contribution in [0.3, 0.4) is 0 Å². The van der Waals surface area contributed by atoms with Gasteiger partial charge in [0.05, 0.1) is 30.4 Å². The van der Waals surface area contributed by atoms with Crippen LogP contribution in [0, 0.1) is 0 Å². The van der Waals surface area contributed by atoms with Gasteiger partial charge in [0.25, 0.3) is 0 Å². The number of fused-ring (bicyclic) bond motifs is 1. The number of furan rings is 1. The molecule has 0 saturated carbocycles. The molecule has 0 unspecified atom stereocenters. The lowest BCUT2D eigenvalue weighted by molar-refractivity contribution is -0.121. The van der Waals surface area contributed by atoms with Gasteiger partial charge < -0.3 is 9.73 Å². The molecule has 0 saturated heterocycles. The Kier molecular flexibility index (Phi) is 5.11. The highest BCUT2D eigenvalue weighted by atomic mass is 16.3. The van der Waals surface area contributed by atoms with Crippen molar-refractivity contribution in [1.29, 1.82) is 0 Å². The first-order valence-electron chi connectivity index (χ1n) is 9.19. The first kappa shape index (κ1) is 18.5. The van der Waals surface area contributed by atoms with E-state index in [1.165, 1.54) is 15.4 Å². The number of para-hydroxylation sites is 2. The minimum Gasteiger partial charge on any atom is -0.467 e. The largest absolute Gasteiger partial charge is 0.467 e.